The SMILES string of the molecule is CCCCC(CNC(C)C)Cc1ccc(C)cc1. The van der Waals surface area contributed by atoms with Crippen LogP contribution in [0.15, 0.2) is 24.3 Å². The summed E-state index contributed by atoms with van der Waals surface area (Å²) in [6, 6.07) is 9.60. The van der Waals surface area contributed by atoms with Gasteiger partial charge in [-0.3, -0.25) is 0 Å². The number of rotatable bonds is 8. The average molecular weight is 247 g/mol. The van der Waals surface area contributed by atoms with Crippen LogP contribution in [0.1, 0.15) is 51.2 Å². The summed E-state index contributed by atoms with van der Waals surface area (Å²) in [4.78, 5) is 0. The predicted octanol–water partition coefficient (Wildman–Crippen LogP) is 4.34. The summed E-state index contributed by atoms with van der Waals surface area (Å²) in [5, 5.41) is 3.59. The Balaban J connectivity index is 2.50. The van der Waals surface area contributed by atoms with E-state index in [9.17, 15) is 0 Å². The first kappa shape index (κ1) is 15.2. The predicted molar refractivity (Wildman–Crippen MR) is 81.0 cm³/mol. The van der Waals surface area contributed by atoms with Gasteiger partial charge in [-0.1, -0.05) is 63.4 Å². The van der Waals surface area contributed by atoms with Crippen LogP contribution in [0.3, 0.4) is 0 Å². The van der Waals surface area contributed by atoms with Gasteiger partial charge in [0.2, 0.25) is 0 Å². The molecule has 18 heavy (non-hydrogen) atoms. The Kier molecular flexibility index (Phi) is 7.04. The van der Waals surface area contributed by atoms with Crippen LogP contribution in [0.25, 0.3) is 0 Å². The highest BCUT2D eigenvalue weighted by Crippen LogP contribution is 2.15. The maximum Gasteiger partial charge on any atom is 0.00104 e. The lowest BCUT2D eigenvalue weighted by molar-refractivity contribution is 0.410. The highest BCUT2D eigenvalue weighted by Gasteiger charge is 2.09. The van der Waals surface area contributed by atoms with Gasteiger partial charge in [-0.05, 0) is 37.8 Å². The van der Waals surface area contributed by atoms with Gasteiger partial charge in [0, 0.05) is 6.04 Å². The molecule has 0 amide bonds. The molecule has 1 rings (SSSR count). The van der Waals surface area contributed by atoms with Gasteiger partial charge in [-0.25, -0.2) is 0 Å². The summed E-state index contributed by atoms with van der Waals surface area (Å²) in [7, 11) is 0. The molecule has 0 saturated heterocycles. The second-order valence-corrected chi connectivity index (χ2v) is 5.76. The van der Waals surface area contributed by atoms with Crippen LogP contribution in [0.5, 0.6) is 0 Å². The zero-order valence-corrected chi connectivity index (χ0v) is 12.5. The zero-order valence-electron chi connectivity index (χ0n) is 12.5. The van der Waals surface area contributed by atoms with Crippen molar-refractivity contribution in [3.05, 3.63) is 35.4 Å². The Morgan fingerprint density at radius 1 is 1.11 bits per heavy atom. The van der Waals surface area contributed by atoms with Gasteiger partial charge in [0.15, 0.2) is 0 Å². The number of hydrogen-bond donors (Lipinski definition) is 1. The molecular formula is C17H29N. The second kappa shape index (κ2) is 8.31. The van der Waals surface area contributed by atoms with Crippen LogP contribution in [-0.2, 0) is 6.42 Å². The van der Waals surface area contributed by atoms with E-state index >= 15 is 0 Å². The molecule has 0 saturated carbocycles. The third-order valence-electron chi connectivity index (χ3n) is 3.43. The monoisotopic (exact) mass is 247 g/mol. The average Bonchev–Trinajstić information content (AvgIpc) is 2.35. The van der Waals surface area contributed by atoms with E-state index in [1.54, 1.807) is 0 Å². The van der Waals surface area contributed by atoms with Crippen molar-refractivity contribution < 1.29 is 0 Å². The van der Waals surface area contributed by atoms with Crippen molar-refractivity contribution in [3.8, 4) is 0 Å². The number of unbranched alkanes of at least 4 members (excludes halogenated alkanes) is 1. The normalized spacial score (nSPS) is 12.9. The highest BCUT2D eigenvalue weighted by atomic mass is 14.9. The fraction of sp³-hybridized carbons (Fsp3) is 0.647. The zero-order chi connectivity index (χ0) is 13.4. The van der Waals surface area contributed by atoms with Crippen LogP contribution in [0.4, 0.5) is 0 Å². The van der Waals surface area contributed by atoms with E-state index < -0.39 is 0 Å². The molecule has 0 aliphatic carbocycles. The largest absolute Gasteiger partial charge is 0.314 e. The minimum atomic E-state index is 0.590. The van der Waals surface area contributed by atoms with Crippen molar-refractivity contribution in [1.29, 1.82) is 0 Å². The van der Waals surface area contributed by atoms with E-state index in [4.69, 9.17) is 0 Å². The number of hydrogen-bond acceptors (Lipinski definition) is 1. The Bertz CT molecular complexity index is 313. The van der Waals surface area contributed by atoms with E-state index in [1.807, 2.05) is 0 Å². The topological polar surface area (TPSA) is 12.0 Å². The van der Waals surface area contributed by atoms with Gasteiger partial charge >= 0.3 is 0 Å². The van der Waals surface area contributed by atoms with Crippen molar-refractivity contribution in [1.82, 2.24) is 5.32 Å². The summed E-state index contributed by atoms with van der Waals surface area (Å²) in [5.74, 6) is 0.773. The lowest BCUT2D eigenvalue weighted by Gasteiger charge is -2.19. The Hall–Kier alpha value is -0.820. The molecular weight excluding hydrogens is 218 g/mol. The molecule has 0 aliphatic heterocycles. The fourth-order valence-corrected chi connectivity index (χ4v) is 2.23. The molecule has 1 atom stereocenters. The number of aryl methyl sites for hydroxylation is 1. The standard InChI is InChI=1S/C17H29N/c1-5-6-7-17(13-18-14(2)3)12-16-10-8-15(4)9-11-16/h8-11,14,17-18H,5-7,12-13H2,1-4H3. The van der Waals surface area contributed by atoms with Crippen LogP contribution in [0, 0.1) is 12.8 Å². The first-order valence-corrected chi connectivity index (χ1v) is 7.40. The molecule has 0 aromatic heterocycles. The van der Waals surface area contributed by atoms with Crippen molar-refractivity contribution in [3.63, 3.8) is 0 Å². The van der Waals surface area contributed by atoms with E-state index in [-0.39, 0.29) is 0 Å². The van der Waals surface area contributed by atoms with Gasteiger partial charge in [0.25, 0.3) is 0 Å². The molecule has 0 heterocycles. The highest BCUT2D eigenvalue weighted by molar-refractivity contribution is 5.21. The number of benzene rings is 1. The number of nitrogens with one attached hydrogen (secondary N) is 1. The smallest absolute Gasteiger partial charge is 0.00104 e. The first-order chi connectivity index (χ1) is 8.61. The molecule has 0 bridgehead atoms. The summed E-state index contributed by atoms with van der Waals surface area (Å²) in [6.07, 6.45) is 5.19. The maximum absolute atomic E-state index is 3.59. The van der Waals surface area contributed by atoms with Crippen LogP contribution >= 0.6 is 0 Å². The van der Waals surface area contributed by atoms with Crippen molar-refractivity contribution in [2.75, 3.05) is 6.54 Å². The molecule has 0 spiro atoms. The van der Waals surface area contributed by atoms with Gasteiger partial charge in [0.05, 0.1) is 0 Å². The molecule has 0 aliphatic rings. The van der Waals surface area contributed by atoms with Crippen LogP contribution < -0.4 is 5.32 Å². The molecule has 0 fully saturated rings. The van der Waals surface area contributed by atoms with Gasteiger partial charge in [-0.2, -0.15) is 0 Å². The maximum atomic E-state index is 3.59. The van der Waals surface area contributed by atoms with E-state index in [0.29, 0.717) is 6.04 Å². The van der Waals surface area contributed by atoms with E-state index in [1.165, 1.54) is 36.8 Å². The summed E-state index contributed by atoms with van der Waals surface area (Å²) < 4.78 is 0. The van der Waals surface area contributed by atoms with E-state index in [0.717, 1.165) is 12.5 Å². The van der Waals surface area contributed by atoms with Gasteiger partial charge in [0.1, 0.15) is 0 Å². The molecule has 1 unspecified atom stereocenters. The minimum absolute atomic E-state index is 0.590. The van der Waals surface area contributed by atoms with E-state index in [2.05, 4.69) is 57.3 Å². The summed E-state index contributed by atoms with van der Waals surface area (Å²) in [6.45, 7) is 10.0. The molecule has 1 heteroatoms. The van der Waals surface area contributed by atoms with Gasteiger partial charge < -0.3 is 5.32 Å². The van der Waals surface area contributed by atoms with Crippen molar-refractivity contribution in [2.45, 2.75) is 59.4 Å². The molecule has 102 valence electrons. The molecule has 0 radical (unpaired) electrons. The summed E-state index contributed by atoms with van der Waals surface area (Å²) >= 11 is 0. The minimum Gasteiger partial charge on any atom is -0.314 e. The third-order valence-corrected chi connectivity index (χ3v) is 3.43. The van der Waals surface area contributed by atoms with Crippen molar-refractivity contribution in [2.24, 2.45) is 5.92 Å². The molecule has 1 nitrogen and oxygen atoms in total. The van der Waals surface area contributed by atoms with Gasteiger partial charge in [-0.15, -0.1) is 0 Å². The first-order valence-electron chi connectivity index (χ1n) is 7.40. The van der Waals surface area contributed by atoms with Crippen LogP contribution in [-0.4, -0.2) is 12.6 Å². The fourth-order valence-electron chi connectivity index (χ4n) is 2.23. The van der Waals surface area contributed by atoms with Crippen LogP contribution in [0.2, 0.25) is 0 Å². The Morgan fingerprint density at radius 2 is 1.78 bits per heavy atom. The lowest BCUT2D eigenvalue weighted by Crippen LogP contribution is -2.30. The lowest BCUT2D eigenvalue weighted by atomic mass is 9.93. The molecule has 1 N–H and O–H groups in total. The van der Waals surface area contributed by atoms with Crippen molar-refractivity contribution >= 4 is 0 Å². The second-order valence-electron chi connectivity index (χ2n) is 5.76. The Labute approximate surface area is 113 Å². The third kappa shape index (κ3) is 6.20. The quantitative estimate of drug-likeness (QED) is 0.720. The molecule has 1 aromatic rings. The summed E-state index contributed by atoms with van der Waals surface area (Å²) in [5.41, 5.74) is 2.83. The Morgan fingerprint density at radius 3 is 2.33 bits per heavy atom. The molecule has 1 aromatic carbocycles.